The second-order valence-electron chi connectivity index (χ2n) is 3.04. The van der Waals surface area contributed by atoms with Crippen molar-refractivity contribution < 1.29 is 9.47 Å². The van der Waals surface area contributed by atoms with Crippen molar-refractivity contribution in [1.82, 2.24) is 0 Å². The van der Waals surface area contributed by atoms with Crippen molar-refractivity contribution in [3.8, 4) is 0 Å². The number of anilines is 1. The van der Waals surface area contributed by atoms with Gasteiger partial charge in [0.15, 0.2) is 0 Å². The molecule has 0 aliphatic heterocycles. The fourth-order valence-corrected chi connectivity index (χ4v) is 1.21. The lowest BCUT2D eigenvalue weighted by Crippen LogP contribution is -2.11. The van der Waals surface area contributed by atoms with Gasteiger partial charge in [-0.05, 0) is 24.3 Å². The zero-order chi connectivity index (χ0) is 10.9. The molecule has 1 rings (SSSR count). The summed E-state index contributed by atoms with van der Waals surface area (Å²) < 4.78 is 10.2. The minimum Gasteiger partial charge on any atom is -0.383 e. The molecule has 0 aliphatic carbocycles. The fourth-order valence-electron chi connectivity index (χ4n) is 1.08. The molecule has 0 atom stereocenters. The highest BCUT2D eigenvalue weighted by molar-refractivity contribution is 6.30. The van der Waals surface area contributed by atoms with Gasteiger partial charge in [-0.3, -0.25) is 0 Å². The lowest BCUT2D eigenvalue weighted by molar-refractivity contribution is 0.0759. The van der Waals surface area contributed by atoms with E-state index in [0.29, 0.717) is 19.8 Å². The van der Waals surface area contributed by atoms with E-state index in [1.165, 1.54) is 0 Å². The van der Waals surface area contributed by atoms with Gasteiger partial charge in [0.05, 0.1) is 19.8 Å². The van der Waals surface area contributed by atoms with Crippen LogP contribution in [0.5, 0.6) is 0 Å². The summed E-state index contributed by atoms with van der Waals surface area (Å²) in [6.45, 7) is 2.73. The molecular formula is C11H16ClNO2. The van der Waals surface area contributed by atoms with Crippen LogP contribution in [0.3, 0.4) is 0 Å². The Kier molecular flexibility index (Phi) is 6.16. The van der Waals surface area contributed by atoms with E-state index in [1.54, 1.807) is 7.11 Å². The molecule has 0 aliphatic rings. The molecular weight excluding hydrogens is 214 g/mol. The minimum atomic E-state index is 0.638. The van der Waals surface area contributed by atoms with Crippen molar-refractivity contribution in [2.45, 2.75) is 0 Å². The first kappa shape index (κ1) is 12.3. The summed E-state index contributed by atoms with van der Waals surface area (Å²) in [6.07, 6.45) is 0. The van der Waals surface area contributed by atoms with E-state index < -0.39 is 0 Å². The third-order valence-corrected chi connectivity index (χ3v) is 2.10. The molecule has 0 amide bonds. The zero-order valence-corrected chi connectivity index (χ0v) is 9.59. The Morgan fingerprint density at radius 1 is 1.13 bits per heavy atom. The van der Waals surface area contributed by atoms with Crippen molar-refractivity contribution in [1.29, 1.82) is 0 Å². The van der Waals surface area contributed by atoms with Crippen LogP contribution < -0.4 is 5.32 Å². The van der Waals surface area contributed by atoms with Gasteiger partial charge in [-0.1, -0.05) is 11.6 Å². The lowest BCUT2D eigenvalue weighted by atomic mass is 10.3. The Hall–Kier alpha value is -0.770. The number of hydrogen-bond donors (Lipinski definition) is 1. The number of ether oxygens (including phenoxy) is 2. The van der Waals surface area contributed by atoms with E-state index in [-0.39, 0.29) is 0 Å². The molecule has 1 N–H and O–H groups in total. The predicted molar refractivity (Wildman–Crippen MR) is 62.6 cm³/mol. The van der Waals surface area contributed by atoms with Gasteiger partial charge in [-0.25, -0.2) is 0 Å². The van der Waals surface area contributed by atoms with Crippen LogP contribution in [0.15, 0.2) is 24.3 Å². The molecule has 84 valence electrons. The summed E-state index contributed by atoms with van der Waals surface area (Å²) in [5, 5.41) is 3.97. The average Bonchev–Trinajstić information content (AvgIpc) is 2.26. The zero-order valence-electron chi connectivity index (χ0n) is 8.83. The summed E-state index contributed by atoms with van der Waals surface area (Å²) in [6, 6.07) is 7.60. The summed E-state index contributed by atoms with van der Waals surface area (Å²) in [4.78, 5) is 0. The number of benzene rings is 1. The van der Waals surface area contributed by atoms with Crippen molar-refractivity contribution in [3.05, 3.63) is 29.3 Å². The predicted octanol–water partition coefficient (Wildman–Crippen LogP) is 2.41. The van der Waals surface area contributed by atoms with Crippen LogP contribution in [0.4, 0.5) is 5.69 Å². The quantitative estimate of drug-likeness (QED) is 0.729. The van der Waals surface area contributed by atoms with E-state index in [1.807, 2.05) is 24.3 Å². The molecule has 0 heterocycles. The van der Waals surface area contributed by atoms with Crippen LogP contribution in [0.1, 0.15) is 0 Å². The summed E-state index contributed by atoms with van der Waals surface area (Å²) >= 11 is 5.76. The van der Waals surface area contributed by atoms with E-state index in [4.69, 9.17) is 21.1 Å². The highest BCUT2D eigenvalue weighted by Crippen LogP contribution is 2.12. The van der Waals surface area contributed by atoms with E-state index in [0.717, 1.165) is 17.3 Å². The Balaban J connectivity index is 2.07. The van der Waals surface area contributed by atoms with Crippen molar-refractivity contribution in [2.24, 2.45) is 0 Å². The highest BCUT2D eigenvalue weighted by Gasteiger charge is 1.92. The van der Waals surface area contributed by atoms with Gasteiger partial charge < -0.3 is 14.8 Å². The third-order valence-electron chi connectivity index (χ3n) is 1.85. The number of hydrogen-bond acceptors (Lipinski definition) is 3. The maximum atomic E-state index is 5.76. The third kappa shape index (κ3) is 5.62. The minimum absolute atomic E-state index is 0.638. The molecule has 1 aromatic carbocycles. The molecule has 0 unspecified atom stereocenters. The van der Waals surface area contributed by atoms with Gasteiger partial charge in [0.25, 0.3) is 0 Å². The number of rotatable bonds is 7. The van der Waals surface area contributed by atoms with Crippen LogP contribution >= 0.6 is 11.6 Å². The molecule has 0 spiro atoms. The second-order valence-corrected chi connectivity index (χ2v) is 3.48. The lowest BCUT2D eigenvalue weighted by Gasteiger charge is -2.06. The fraction of sp³-hybridized carbons (Fsp3) is 0.455. The largest absolute Gasteiger partial charge is 0.383 e. The Labute approximate surface area is 95.3 Å². The molecule has 3 nitrogen and oxygen atoms in total. The number of methoxy groups -OCH3 is 1. The van der Waals surface area contributed by atoms with Gasteiger partial charge in [0, 0.05) is 24.4 Å². The second kappa shape index (κ2) is 7.51. The highest BCUT2D eigenvalue weighted by atomic mass is 35.5. The average molecular weight is 230 g/mol. The molecule has 0 fully saturated rings. The monoisotopic (exact) mass is 229 g/mol. The molecule has 0 saturated carbocycles. The van der Waals surface area contributed by atoms with Crippen molar-refractivity contribution in [2.75, 3.05) is 38.8 Å². The molecule has 4 heteroatoms. The van der Waals surface area contributed by atoms with Crippen LogP contribution in [-0.4, -0.2) is 33.5 Å². The smallest absolute Gasteiger partial charge is 0.0701 e. The molecule has 0 bridgehead atoms. The SMILES string of the molecule is COCCOCCNc1ccc(Cl)cc1. The van der Waals surface area contributed by atoms with Gasteiger partial charge in [0.1, 0.15) is 0 Å². The number of nitrogens with one attached hydrogen (secondary N) is 1. The van der Waals surface area contributed by atoms with E-state index >= 15 is 0 Å². The summed E-state index contributed by atoms with van der Waals surface area (Å²) in [5.41, 5.74) is 1.05. The van der Waals surface area contributed by atoms with Crippen LogP contribution in [-0.2, 0) is 9.47 Å². The van der Waals surface area contributed by atoms with Crippen molar-refractivity contribution in [3.63, 3.8) is 0 Å². The van der Waals surface area contributed by atoms with Crippen LogP contribution in [0.2, 0.25) is 5.02 Å². The van der Waals surface area contributed by atoms with E-state index in [2.05, 4.69) is 5.32 Å². The maximum absolute atomic E-state index is 5.76. The Morgan fingerprint density at radius 2 is 1.87 bits per heavy atom. The van der Waals surface area contributed by atoms with Crippen LogP contribution in [0.25, 0.3) is 0 Å². The van der Waals surface area contributed by atoms with Gasteiger partial charge in [-0.15, -0.1) is 0 Å². The maximum Gasteiger partial charge on any atom is 0.0701 e. The van der Waals surface area contributed by atoms with Crippen molar-refractivity contribution >= 4 is 17.3 Å². The summed E-state index contributed by atoms with van der Waals surface area (Å²) in [5.74, 6) is 0. The Morgan fingerprint density at radius 3 is 2.53 bits per heavy atom. The summed E-state index contributed by atoms with van der Waals surface area (Å²) in [7, 11) is 1.66. The molecule has 0 radical (unpaired) electrons. The van der Waals surface area contributed by atoms with E-state index in [9.17, 15) is 0 Å². The molecule has 15 heavy (non-hydrogen) atoms. The normalized spacial score (nSPS) is 10.3. The topological polar surface area (TPSA) is 30.5 Å². The Bertz CT molecular complexity index is 264. The number of halogens is 1. The van der Waals surface area contributed by atoms with Gasteiger partial charge in [0.2, 0.25) is 0 Å². The molecule has 0 aromatic heterocycles. The standard InChI is InChI=1S/C11H16ClNO2/c1-14-8-9-15-7-6-13-11-4-2-10(12)3-5-11/h2-5,13H,6-9H2,1H3. The molecule has 1 aromatic rings. The first-order valence-electron chi connectivity index (χ1n) is 4.89. The van der Waals surface area contributed by atoms with Gasteiger partial charge >= 0.3 is 0 Å². The van der Waals surface area contributed by atoms with Gasteiger partial charge in [-0.2, -0.15) is 0 Å². The molecule has 0 saturated heterocycles. The van der Waals surface area contributed by atoms with Crippen LogP contribution in [0, 0.1) is 0 Å². The first-order valence-corrected chi connectivity index (χ1v) is 5.27. The first-order chi connectivity index (χ1) is 7.33.